The molecule has 0 saturated heterocycles. The Morgan fingerprint density at radius 2 is 2.18 bits per heavy atom. The first-order valence-corrected chi connectivity index (χ1v) is 5.24. The van der Waals surface area contributed by atoms with E-state index in [4.69, 9.17) is 5.84 Å². The number of hydrogen-bond acceptors (Lipinski definition) is 4. The summed E-state index contributed by atoms with van der Waals surface area (Å²) in [5, 5.41) is 2.69. The van der Waals surface area contributed by atoms with Crippen LogP contribution in [0.1, 0.15) is 10.4 Å². The molecule has 1 aromatic rings. The Hall–Kier alpha value is -1.66. The van der Waals surface area contributed by atoms with E-state index < -0.39 is 5.82 Å². The number of hydrazine groups is 1. The molecule has 0 aliphatic rings. The first-order chi connectivity index (χ1) is 8.06. The molecule has 0 atom stereocenters. The lowest BCUT2D eigenvalue weighted by atomic mass is 10.1. The van der Waals surface area contributed by atoms with Crippen LogP contribution in [0.25, 0.3) is 0 Å². The predicted octanol–water partition coefficient (Wildman–Crippen LogP) is 0.403. The fourth-order valence-electron chi connectivity index (χ4n) is 1.35. The van der Waals surface area contributed by atoms with Gasteiger partial charge in [-0.25, -0.2) is 4.39 Å². The highest BCUT2D eigenvalue weighted by Gasteiger charge is 2.13. The summed E-state index contributed by atoms with van der Waals surface area (Å²) in [5.41, 5.74) is 2.41. The van der Waals surface area contributed by atoms with Gasteiger partial charge in [0.2, 0.25) is 0 Å². The van der Waals surface area contributed by atoms with Gasteiger partial charge in [-0.3, -0.25) is 10.6 Å². The quantitative estimate of drug-likeness (QED) is 0.515. The molecule has 5 nitrogen and oxygen atoms in total. The summed E-state index contributed by atoms with van der Waals surface area (Å²) in [5.74, 6) is 4.29. The minimum Gasteiger partial charge on any atom is -0.351 e. The average Bonchev–Trinajstić information content (AvgIpc) is 2.28. The molecular weight excluding hydrogens is 223 g/mol. The molecule has 4 N–H and O–H groups in total. The maximum Gasteiger partial charge on any atom is 0.253 e. The van der Waals surface area contributed by atoms with Gasteiger partial charge in [0, 0.05) is 13.1 Å². The SMILES string of the molecule is CN(C)CCNC(=O)c1cccc(F)c1NN. The molecule has 1 amide bonds. The summed E-state index contributed by atoms with van der Waals surface area (Å²) in [6, 6.07) is 4.23. The van der Waals surface area contributed by atoms with Crippen molar-refractivity contribution in [3.63, 3.8) is 0 Å². The number of halogens is 1. The number of carbonyl (C=O) groups is 1. The van der Waals surface area contributed by atoms with Gasteiger partial charge in [-0.1, -0.05) is 6.07 Å². The van der Waals surface area contributed by atoms with Crippen LogP contribution in [0.2, 0.25) is 0 Å². The number of nitrogens with two attached hydrogens (primary N) is 1. The van der Waals surface area contributed by atoms with E-state index in [0.29, 0.717) is 13.1 Å². The minimum atomic E-state index is -0.548. The predicted molar refractivity (Wildman–Crippen MR) is 65.1 cm³/mol. The van der Waals surface area contributed by atoms with Crippen LogP contribution >= 0.6 is 0 Å². The van der Waals surface area contributed by atoms with Crippen LogP contribution in [0.5, 0.6) is 0 Å². The lowest BCUT2D eigenvalue weighted by Crippen LogP contribution is -2.32. The second-order valence-electron chi connectivity index (χ2n) is 3.87. The Morgan fingerprint density at radius 1 is 1.47 bits per heavy atom. The van der Waals surface area contributed by atoms with Crippen LogP contribution in [0, 0.1) is 5.82 Å². The van der Waals surface area contributed by atoms with Crippen molar-refractivity contribution in [1.29, 1.82) is 0 Å². The van der Waals surface area contributed by atoms with Gasteiger partial charge in [-0.2, -0.15) is 0 Å². The van der Waals surface area contributed by atoms with E-state index in [1.165, 1.54) is 18.2 Å². The molecule has 0 unspecified atom stereocenters. The second-order valence-corrected chi connectivity index (χ2v) is 3.87. The molecule has 0 aliphatic heterocycles. The van der Waals surface area contributed by atoms with Gasteiger partial charge in [0.25, 0.3) is 5.91 Å². The molecule has 1 aromatic carbocycles. The third kappa shape index (κ3) is 3.69. The van der Waals surface area contributed by atoms with Crippen LogP contribution in [0.4, 0.5) is 10.1 Å². The number of hydrogen-bond donors (Lipinski definition) is 3. The summed E-state index contributed by atoms with van der Waals surface area (Å²) >= 11 is 0. The standard InChI is InChI=1S/C11H17FN4O/c1-16(2)7-6-14-11(17)8-4-3-5-9(12)10(8)15-13/h3-5,15H,6-7,13H2,1-2H3,(H,14,17). The Labute approximate surface area is 99.8 Å². The van der Waals surface area contributed by atoms with E-state index in [2.05, 4.69) is 10.7 Å². The normalized spacial score (nSPS) is 10.4. The molecule has 0 heterocycles. The maximum atomic E-state index is 13.3. The zero-order chi connectivity index (χ0) is 12.8. The van der Waals surface area contributed by atoms with E-state index in [0.717, 1.165) is 0 Å². The zero-order valence-electron chi connectivity index (χ0n) is 9.96. The smallest absolute Gasteiger partial charge is 0.253 e. The van der Waals surface area contributed by atoms with Crippen molar-refractivity contribution in [2.45, 2.75) is 0 Å². The average molecular weight is 240 g/mol. The molecule has 6 heteroatoms. The molecule has 0 saturated carbocycles. The highest BCUT2D eigenvalue weighted by molar-refractivity contribution is 5.99. The summed E-state index contributed by atoms with van der Waals surface area (Å²) in [4.78, 5) is 13.7. The summed E-state index contributed by atoms with van der Waals surface area (Å²) in [7, 11) is 3.81. The van der Waals surface area contributed by atoms with Crippen LogP contribution in [-0.4, -0.2) is 38.0 Å². The number of likely N-dealkylation sites (N-methyl/N-ethyl adjacent to an activating group) is 1. The lowest BCUT2D eigenvalue weighted by Gasteiger charge is -2.12. The molecule has 0 radical (unpaired) electrons. The first-order valence-electron chi connectivity index (χ1n) is 5.24. The number of nitrogen functional groups attached to an aromatic ring is 1. The maximum absolute atomic E-state index is 13.3. The Bertz CT molecular complexity index is 395. The highest BCUT2D eigenvalue weighted by atomic mass is 19.1. The van der Waals surface area contributed by atoms with Crippen molar-refractivity contribution >= 4 is 11.6 Å². The van der Waals surface area contributed by atoms with Gasteiger partial charge < -0.3 is 15.6 Å². The number of nitrogens with zero attached hydrogens (tertiary/aromatic N) is 1. The van der Waals surface area contributed by atoms with Crippen LogP contribution in [0.15, 0.2) is 18.2 Å². The van der Waals surface area contributed by atoms with Crippen molar-refractivity contribution in [2.75, 3.05) is 32.6 Å². The van der Waals surface area contributed by atoms with E-state index in [9.17, 15) is 9.18 Å². The van der Waals surface area contributed by atoms with Gasteiger partial charge in [0.1, 0.15) is 5.82 Å². The lowest BCUT2D eigenvalue weighted by molar-refractivity contribution is 0.0951. The summed E-state index contributed by atoms with van der Waals surface area (Å²) in [6.45, 7) is 1.21. The Kier molecular flexibility index (Phi) is 4.86. The number of para-hydroxylation sites is 1. The number of benzene rings is 1. The van der Waals surface area contributed by atoms with Crippen LogP contribution in [-0.2, 0) is 0 Å². The van der Waals surface area contributed by atoms with Crippen molar-refractivity contribution in [1.82, 2.24) is 10.2 Å². The summed E-state index contributed by atoms with van der Waals surface area (Å²) in [6.07, 6.45) is 0. The molecule has 1 rings (SSSR count). The number of anilines is 1. The number of amides is 1. The molecule has 0 aliphatic carbocycles. The fraction of sp³-hybridized carbons (Fsp3) is 0.364. The number of carbonyl (C=O) groups excluding carboxylic acids is 1. The second kappa shape index (κ2) is 6.17. The van der Waals surface area contributed by atoms with E-state index in [-0.39, 0.29) is 17.2 Å². The van der Waals surface area contributed by atoms with Crippen LogP contribution in [0.3, 0.4) is 0 Å². The zero-order valence-corrected chi connectivity index (χ0v) is 9.96. The minimum absolute atomic E-state index is 0.00912. The molecule has 0 bridgehead atoms. The molecule has 0 fully saturated rings. The molecule has 94 valence electrons. The van der Waals surface area contributed by atoms with Gasteiger partial charge in [-0.15, -0.1) is 0 Å². The van der Waals surface area contributed by atoms with Crippen molar-refractivity contribution in [2.24, 2.45) is 5.84 Å². The topological polar surface area (TPSA) is 70.4 Å². The largest absolute Gasteiger partial charge is 0.351 e. The van der Waals surface area contributed by atoms with Gasteiger partial charge in [-0.05, 0) is 26.2 Å². The molecular formula is C11H17FN4O. The molecule has 0 spiro atoms. The van der Waals surface area contributed by atoms with E-state index >= 15 is 0 Å². The van der Waals surface area contributed by atoms with E-state index in [1.807, 2.05) is 19.0 Å². The van der Waals surface area contributed by atoms with Crippen molar-refractivity contribution < 1.29 is 9.18 Å². The fourth-order valence-corrected chi connectivity index (χ4v) is 1.35. The molecule has 0 aromatic heterocycles. The van der Waals surface area contributed by atoms with Crippen molar-refractivity contribution in [3.8, 4) is 0 Å². The van der Waals surface area contributed by atoms with Gasteiger partial charge in [0.05, 0.1) is 11.3 Å². The monoisotopic (exact) mass is 240 g/mol. The Morgan fingerprint density at radius 3 is 2.76 bits per heavy atom. The third-order valence-corrected chi connectivity index (χ3v) is 2.25. The van der Waals surface area contributed by atoms with E-state index in [1.54, 1.807) is 0 Å². The van der Waals surface area contributed by atoms with Crippen LogP contribution < -0.4 is 16.6 Å². The van der Waals surface area contributed by atoms with Gasteiger partial charge in [0.15, 0.2) is 0 Å². The number of nitrogens with one attached hydrogen (secondary N) is 2. The third-order valence-electron chi connectivity index (χ3n) is 2.25. The highest BCUT2D eigenvalue weighted by Crippen LogP contribution is 2.18. The first kappa shape index (κ1) is 13.4. The number of rotatable bonds is 5. The van der Waals surface area contributed by atoms with Crippen molar-refractivity contribution in [3.05, 3.63) is 29.6 Å². The molecule has 17 heavy (non-hydrogen) atoms. The Balaban J connectivity index is 2.72. The van der Waals surface area contributed by atoms with Gasteiger partial charge >= 0.3 is 0 Å². The summed E-state index contributed by atoms with van der Waals surface area (Å²) < 4.78 is 13.3.